The van der Waals surface area contributed by atoms with E-state index in [4.69, 9.17) is 5.73 Å². The minimum Gasteiger partial charge on any atom is -0.326 e. The van der Waals surface area contributed by atoms with Gasteiger partial charge in [0.15, 0.2) is 0 Å². The van der Waals surface area contributed by atoms with E-state index in [1.807, 2.05) is 25.1 Å². The molecule has 1 aromatic heterocycles. The third-order valence-electron chi connectivity index (χ3n) is 2.30. The van der Waals surface area contributed by atoms with Crippen LogP contribution < -0.4 is 5.73 Å². The average molecular weight is 221 g/mol. The second-order valence-electron chi connectivity index (χ2n) is 3.42. The average Bonchev–Trinajstić information content (AvgIpc) is 2.65. The van der Waals surface area contributed by atoms with E-state index < -0.39 is 0 Å². The summed E-state index contributed by atoms with van der Waals surface area (Å²) in [6.45, 7) is 2.29. The molecule has 0 aliphatic carbocycles. The standard InChI is InChI=1S/C12H12FNS/c1-8-2-5-12(15-8)9-3-4-10(7-14)11(13)6-9/h2-6H,7,14H2,1H3. The van der Waals surface area contributed by atoms with Crippen molar-refractivity contribution in [2.45, 2.75) is 13.5 Å². The highest BCUT2D eigenvalue weighted by molar-refractivity contribution is 7.15. The Morgan fingerprint density at radius 3 is 2.60 bits per heavy atom. The molecule has 0 aliphatic rings. The predicted octanol–water partition coefficient (Wildman–Crippen LogP) is 3.32. The summed E-state index contributed by atoms with van der Waals surface area (Å²) in [6.07, 6.45) is 0. The van der Waals surface area contributed by atoms with Crippen LogP contribution in [0, 0.1) is 12.7 Å². The molecule has 2 rings (SSSR count). The van der Waals surface area contributed by atoms with Crippen LogP contribution in [0.15, 0.2) is 30.3 Å². The van der Waals surface area contributed by atoms with Crippen molar-refractivity contribution < 1.29 is 4.39 Å². The second kappa shape index (κ2) is 4.13. The molecule has 2 aromatic rings. The van der Waals surface area contributed by atoms with E-state index in [2.05, 4.69) is 0 Å². The van der Waals surface area contributed by atoms with Gasteiger partial charge in [-0.05, 0) is 30.7 Å². The molecular weight excluding hydrogens is 209 g/mol. The third-order valence-corrected chi connectivity index (χ3v) is 3.35. The Labute approximate surface area is 92.4 Å². The van der Waals surface area contributed by atoms with Gasteiger partial charge in [-0.1, -0.05) is 12.1 Å². The number of nitrogens with two attached hydrogens (primary N) is 1. The fourth-order valence-corrected chi connectivity index (χ4v) is 2.32. The van der Waals surface area contributed by atoms with Crippen LogP contribution in [-0.2, 0) is 6.54 Å². The van der Waals surface area contributed by atoms with Gasteiger partial charge in [0.1, 0.15) is 5.82 Å². The SMILES string of the molecule is Cc1ccc(-c2ccc(CN)c(F)c2)s1. The fourth-order valence-electron chi connectivity index (χ4n) is 1.46. The first kappa shape index (κ1) is 10.3. The van der Waals surface area contributed by atoms with Gasteiger partial charge < -0.3 is 5.73 Å². The van der Waals surface area contributed by atoms with E-state index in [1.165, 1.54) is 4.88 Å². The van der Waals surface area contributed by atoms with Gasteiger partial charge >= 0.3 is 0 Å². The summed E-state index contributed by atoms with van der Waals surface area (Å²) in [5, 5.41) is 0. The van der Waals surface area contributed by atoms with Crippen LogP contribution in [0.3, 0.4) is 0 Å². The van der Waals surface area contributed by atoms with Crippen LogP contribution in [0.2, 0.25) is 0 Å². The molecule has 0 atom stereocenters. The minimum absolute atomic E-state index is 0.221. The summed E-state index contributed by atoms with van der Waals surface area (Å²) in [4.78, 5) is 2.32. The lowest BCUT2D eigenvalue weighted by atomic mass is 10.1. The molecule has 0 amide bonds. The smallest absolute Gasteiger partial charge is 0.128 e. The van der Waals surface area contributed by atoms with Crippen LogP contribution in [0.25, 0.3) is 10.4 Å². The molecule has 0 unspecified atom stereocenters. The zero-order valence-electron chi connectivity index (χ0n) is 8.46. The Morgan fingerprint density at radius 2 is 2.07 bits per heavy atom. The molecule has 0 bridgehead atoms. The monoisotopic (exact) mass is 221 g/mol. The minimum atomic E-state index is -0.221. The maximum absolute atomic E-state index is 13.5. The van der Waals surface area contributed by atoms with Gasteiger partial charge in [-0.25, -0.2) is 4.39 Å². The first-order valence-electron chi connectivity index (χ1n) is 4.76. The second-order valence-corrected chi connectivity index (χ2v) is 4.71. The zero-order valence-corrected chi connectivity index (χ0v) is 9.27. The van der Waals surface area contributed by atoms with Crippen LogP contribution in [-0.4, -0.2) is 0 Å². The summed E-state index contributed by atoms with van der Waals surface area (Å²) in [7, 11) is 0. The Bertz CT molecular complexity index is 476. The first-order chi connectivity index (χ1) is 7.20. The molecule has 0 radical (unpaired) electrons. The highest BCUT2D eigenvalue weighted by Gasteiger charge is 2.05. The lowest BCUT2D eigenvalue weighted by Gasteiger charge is -2.02. The third kappa shape index (κ3) is 2.08. The summed E-state index contributed by atoms with van der Waals surface area (Å²) in [5.41, 5.74) is 6.89. The Morgan fingerprint density at radius 1 is 1.27 bits per heavy atom. The van der Waals surface area contributed by atoms with Gasteiger partial charge in [-0.15, -0.1) is 11.3 Å². The van der Waals surface area contributed by atoms with E-state index in [-0.39, 0.29) is 12.4 Å². The normalized spacial score (nSPS) is 10.6. The van der Waals surface area contributed by atoms with E-state index in [1.54, 1.807) is 23.5 Å². The van der Waals surface area contributed by atoms with Crippen molar-refractivity contribution in [1.82, 2.24) is 0 Å². The summed E-state index contributed by atoms with van der Waals surface area (Å²) >= 11 is 1.67. The van der Waals surface area contributed by atoms with Crippen molar-refractivity contribution >= 4 is 11.3 Å². The highest BCUT2D eigenvalue weighted by atomic mass is 32.1. The van der Waals surface area contributed by atoms with E-state index in [0.29, 0.717) is 5.56 Å². The predicted molar refractivity (Wildman–Crippen MR) is 62.3 cm³/mol. The fraction of sp³-hybridized carbons (Fsp3) is 0.167. The van der Waals surface area contributed by atoms with E-state index >= 15 is 0 Å². The molecular formula is C12H12FNS. The number of thiophene rings is 1. The number of benzene rings is 1. The van der Waals surface area contributed by atoms with Gasteiger partial charge in [0.2, 0.25) is 0 Å². The number of rotatable bonds is 2. The zero-order chi connectivity index (χ0) is 10.8. The molecule has 15 heavy (non-hydrogen) atoms. The molecule has 1 aromatic carbocycles. The first-order valence-corrected chi connectivity index (χ1v) is 5.57. The Hall–Kier alpha value is -1.19. The van der Waals surface area contributed by atoms with Gasteiger partial charge in [0, 0.05) is 21.9 Å². The molecule has 0 spiro atoms. The Kier molecular flexibility index (Phi) is 2.84. The number of halogens is 1. The highest BCUT2D eigenvalue weighted by Crippen LogP contribution is 2.28. The molecule has 0 fully saturated rings. The number of hydrogen-bond donors (Lipinski definition) is 1. The van der Waals surface area contributed by atoms with Crippen molar-refractivity contribution in [2.24, 2.45) is 5.73 Å². The summed E-state index contributed by atoms with van der Waals surface area (Å²) in [6, 6.07) is 9.26. The lowest BCUT2D eigenvalue weighted by Crippen LogP contribution is -1.99. The van der Waals surface area contributed by atoms with Crippen LogP contribution in [0.4, 0.5) is 4.39 Å². The quantitative estimate of drug-likeness (QED) is 0.827. The maximum Gasteiger partial charge on any atom is 0.128 e. The topological polar surface area (TPSA) is 26.0 Å². The molecule has 3 heteroatoms. The molecule has 0 saturated heterocycles. The molecule has 1 nitrogen and oxygen atoms in total. The van der Waals surface area contributed by atoms with Crippen molar-refractivity contribution in [1.29, 1.82) is 0 Å². The van der Waals surface area contributed by atoms with Gasteiger partial charge in [-0.3, -0.25) is 0 Å². The number of aryl methyl sites for hydroxylation is 1. The molecule has 1 heterocycles. The van der Waals surface area contributed by atoms with Crippen molar-refractivity contribution in [3.05, 3.63) is 46.6 Å². The van der Waals surface area contributed by atoms with Crippen molar-refractivity contribution in [3.63, 3.8) is 0 Å². The van der Waals surface area contributed by atoms with Gasteiger partial charge in [-0.2, -0.15) is 0 Å². The van der Waals surface area contributed by atoms with Crippen LogP contribution in [0.1, 0.15) is 10.4 Å². The van der Waals surface area contributed by atoms with Gasteiger partial charge in [0.05, 0.1) is 0 Å². The van der Waals surface area contributed by atoms with Crippen LogP contribution >= 0.6 is 11.3 Å². The Balaban J connectivity index is 2.42. The molecule has 2 N–H and O–H groups in total. The maximum atomic E-state index is 13.5. The van der Waals surface area contributed by atoms with Crippen molar-refractivity contribution in [3.8, 4) is 10.4 Å². The van der Waals surface area contributed by atoms with Crippen LogP contribution in [0.5, 0.6) is 0 Å². The largest absolute Gasteiger partial charge is 0.326 e. The molecule has 0 saturated carbocycles. The van der Waals surface area contributed by atoms with E-state index in [0.717, 1.165) is 10.4 Å². The number of hydrogen-bond acceptors (Lipinski definition) is 2. The molecule has 0 aliphatic heterocycles. The van der Waals surface area contributed by atoms with E-state index in [9.17, 15) is 4.39 Å². The van der Waals surface area contributed by atoms with Gasteiger partial charge in [0.25, 0.3) is 0 Å². The summed E-state index contributed by atoms with van der Waals surface area (Å²) in [5.74, 6) is -0.221. The molecule has 78 valence electrons. The summed E-state index contributed by atoms with van der Waals surface area (Å²) < 4.78 is 13.5. The lowest BCUT2D eigenvalue weighted by molar-refractivity contribution is 0.611. The van der Waals surface area contributed by atoms with Crippen molar-refractivity contribution in [2.75, 3.05) is 0 Å².